The highest BCUT2D eigenvalue weighted by Crippen LogP contribution is 2.13. The molecule has 0 unspecified atom stereocenters. The Kier molecular flexibility index (Phi) is 4.32. The third kappa shape index (κ3) is 3.41. The lowest BCUT2D eigenvalue weighted by molar-refractivity contribution is 0.0943. The number of hydrogen-bond acceptors (Lipinski definition) is 3. The van der Waals surface area contributed by atoms with Crippen LogP contribution in [0.3, 0.4) is 0 Å². The van der Waals surface area contributed by atoms with E-state index < -0.39 is 0 Å². The Labute approximate surface area is 117 Å². The van der Waals surface area contributed by atoms with Gasteiger partial charge in [-0.15, -0.1) is 11.3 Å². The van der Waals surface area contributed by atoms with E-state index in [-0.39, 0.29) is 11.9 Å². The molecule has 0 saturated heterocycles. The van der Waals surface area contributed by atoms with Crippen LogP contribution >= 0.6 is 11.3 Å². The van der Waals surface area contributed by atoms with E-state index in [1.54, 1.807) is 5.51 Å². The van der Waals surface area contributed by atoms with Crippen molar-refractivity contribution >= 4 is 17.2 Å². The van der Waals surface area contributed by atoms with Gasteiger partial charge in [-0.05, 0) is 38.3 Å². The molecule has 0 aliphatic heterocycles. The van der Waals surface area contributed by atoms with Gasteiger partial charge in [0.2, 0.25) is 0 Å². The van der Waals surface area contributed by atoms with Gasteiger partial charge >= 0.3 is 0 Å². The van der Waals surface area contributed by atoms with E-state index in [9.17, 15) is 4.79 Å². The summed E-state index contributed by atoms with van der Waals surface area (Å²) in [7, 11) is 0. The zero-order valence-electron chi connectivity index (χ0n) is 11.4. The first kappa shape index (κ1) is 13.7. The van der Waals surface area contributed by atoms with E-state index in [4.69, 9.17) is 0 Å². The van der Waals surface area contributed by atoms with Gasteiger partial charge in [-0.1, -0.05) is 24.3 Å². The van der Waals surface area contributed by atoms with Crippen LogP contribution in [0, 0.1) is 13.8 Å². The van der Waals surface area contributed by atoms with Crippen LogP contribution in [0.1, 0.15) is 33.4 Å². The molecule has 1 atom stereocenters. The zero-order valence-corrected chi connectivity index (χ0v) is 12.3. The minimum absolute atomic E-state index is 0.0268. The molecule has 100 valence electrons. The lowest BCUT2D eigenvalue weighted by atomic mass is 10.0. The van der Waals surface area contributed by atoms with Gasteiger partial charge in [-0.3, -0.25) is 4.79 Å². The number of benzene rings is 1. The van der Waals surface area contributed by atoms with E-state index in [1.165, 1.54) is 22.5 Å². The highest BCUT2D eigenvalue weighted by Gasteiger charge is 2.14. The Morgan fingerprint density at radius 1 is 1.37 bits per heavy atom. The molecular formula is C15H18N2OS. The molecule has 4 heteroatoms. The van der Waals surface area contributed by atoms with E-state index in [1.807, 2.05) is 26.0 Å². The third-order valence-corrected chi connectivity index (χ3v) is 4.04. The Balaban J connectivity index is 1.99. The normalized spacial score (nSPS) is 12.2. The van der Waals surface area contributed by atoms with E-state index >= 15 is 0 Å². The van der Waals surface area contributed by atoms with Crippen LogP contribution in [0.4, 0.5) is 0 Å². The summed E-state index contributed by atoms with van der Waals surface area (Å²) in [4.78, 5) is 16.9. The van der Waals surface area contributed by atoms with Gasteiger partial charge < -0.3 is 5.32 Å². The fourth-order valence-electron chi connectivity index (χ4n) is 2.03. The highest BCUT2D eigenvalue weighted by molar-refractivity contribution is 7.11. The summed E-state index contributed by atoms with van der Waals surface area (Å²) in [6.07, 6.45) is 0.844. The highest BCUT2D eigenvalue weighted by atomic mass is 32.1. The summed E-state index contributed by atoms with van der Waals surface area (Å²) in [5, 5.41) is 3.03. The SMILES string of the molecule is Cc1ccccc1C[C@H](C)NC(=O)c1scnc1C. The summed E-state index contributed by atoms with van der Waals surface area (Å²) < 4.78 is 0. The predicted molar refractivity (Wildman–Crippen MR) is 78.7 cm³/mol. The molecule has 2 rings (SSSR count). The van der Waals surface area contributed by atoms with Gasteiger partial charge in [-0.25, -0.2) is 4.98 Å². The molecule has 0 saturated carbocycles. The summed E-state index contributed by atoms with van der Waals surface area (Å²) in [5.41, 5.74) is 5.04. The molecule has 3 nitrogen and oxygen atoms in total. The van der Waals surface area contributed by atoms with Crippen molar-refractivity contribution in [3.8, 4) is 0 Å². The maximum Gasteiger partial charge on any atom is 0.263 e. The maximum absolute atomic E-state index is 12.1. The summed E-state index contributed by atoms with van der Waals surface area (Å²) >= 11 is 1.39. The van der Waals surface area contributed by atoms with E-state index in [0.29, 0.717) is 4.88 Å². The minimum atomic E-state index is -0.0268. The molecule has 1 N–H and O–H groups in total. The van der Waals surface area contributed by atoms with Crippen LogP contribution in [0.2, 0.25) is 0 Å². The Morgan fingerprint density at radius 2 is 2.11 bits per heavy atom. The number of nitrogens with one attached hydrogen (secondary N) is 1. The second-order valence-electron chi connectivity index (χ2n) is 4.77. The van der Waals surface area contributed by atoms with Gasteiger partial charge in [0.25, 0.3) is 5.91 Å². The van der Waals surface area contributed by atoms with Crippen molar-refractivity contribution < 1.29 is 4.79 Å². The number of carbonyl (C=O) groups is 1. The molecule has 1 aromatic carbocycles. The van der Waals surface area contributed by atoms with Crippen molar-refractivity contribution in [3.63, 3.8) is 0 Å². The summed E-state index contributed by atoms with van der Waals surface area (Å²) in [6.45, 7) is 5.98. The first-order chi connectivity index (χ1) is 9.08. The van der Waals surface area contributed by atoms with Crippen molar-refractivity contribution in [1.29, 1.82) is 0 Å². The number of amides is 1. The van der Waals surface area contributed by atoms with Crippen LogP contribution in [-0.4, -0.2) is 16.9 Å². The van der Waals surface area contributed by atoms with Crippen LogP contribution < -0.4 is 5.32 Å². The van der Waals surface area contributed by atoms with Crippen molar-refractivity contribution in [2.75, 3.05) is 0 Å². The fourth-order valence-corrected chi connectivity index (χ4v) is 2.73. The number of aromatic nitrogens is 1. The van der Waals surface area contributed by atoms with Crippen LogP contribution in [0.15, 0.2) is 29.8 Å². The topological polar surface area (TPSA) is 42.0 Å². The second-order valence-corrected chi connectivity index (χ2v) is 5.63. The summed E-state index contributed by atoms with van der Waals surface area (Å²) in [5.74, 6) is -0.0268. The van der Waals surface area contributed by atoms with Crippen LogP contribution in [0.5, 0.6) is 0 Å². The zero-order chi connectivity index (χ0) is 13.8. The maximum atomic E-state index is 12.1. The largest absolute Gasteiger partial charge is 0.348 e. The Bertz CT molecular complexity index is 577. The first-order valence-corrected chi connectivity index (χ1v) is 7.21. The predicted octanol–water partition coefficient (Wildman–Crippen LogP) is 3.12. The fraction of sp³-hybridized carbons (Fsp3) is 0.333. The van der Waals surface area contributed by atoms with Crippen molar-refractivity contribution in [3.05, 3.63) is 51.5 Å². The standard InChI is InChI=1S/C15H18N2OS/c1-10-6-4-5-7-13(10)8-11(2)17-15(18)14-12(3)16-9-19-14/h4-7,9,11H,8H2,1-3H3,(H,17,18)/t11-/m0/s1. The molecule has 1 aromatic heterocycles. The molecule has 0 bridgehead atoms. The third-order valence-electron chi connectivity index (χ3n) is 3.12. The molecule has 0 aliphatic carbocycles. The van der Waals surface area contributed by atoms with Crippen molar-refractivity contribution in [2.45, 2.75) is 33.2 Å². The lowest BCUT2D eigenvalue weighted by Crippen LogP contribution is -2.34. The molecule has 0 spiro atoms. The number of aryl methyl sites for hydroxylation is 2. The molecular weight excluding hydrogens is 256 g/mol. The molecule has 0 aliphatic rings. The summed E-state index contributed by atoms with van der Waals surface area (Å²) in [6, 6.07) is 8.37. The van der Waals surface area contributed by atoms with E-state index in [0.717, 1.165) is 12.1 Å². The molecule has 1 heterocycles. The van der Waals surface area contributed by atoms with Gasteiger partial charge in [-0.2, -0.15) is 0 Å². The van der Waals surface area contributed by atoms with Gasteiger partial charge in [0, 0.05) is 6.04 Å². The van der Waals surface area contributed by atoms with Crippen LogP contribution in [0.25, 0.3) is 0 Å². The van der Waals surface area contributed by atoms with E-state index in [2.05, 4.69) is 29.4 Å². The van der Waals surface area contributed by atoms with Gasteiger partial charge in [0.1, 0.15) is 4.88 Å². The average molecular weight is 274 g/mol. The number of carbonyl (C=O) groups excluding carboxylic acids is 1. The number of nitrogens with zero attached hydrogens (tertiary/aromatic N) is 1. The molecule has 2 aromatic rings. The monoisotopic (exact) mass is 274 g/mol. The van der Waals surface area contributed by atoms with Crippen LogP contribution in [-0.2, 0) is 6.42 Å². The second kappa shape index (κ2) is 5.97. The Hall–Kier alpha value is -1.68. The molecule has 0 radical (unpaired) electrons. The average Bonchev–Trinajstić information content (AvgIpc) is 2.78. The van der Waals surface area contributed by atoms with Crippen molar-refractivity contribution in [2.24, 2.45) is 0 Å². The smallest absolute Gasteiger partial charge is 0.263 e. The quantitative estimate of drug-likeness (QED) is 0.930. The Morgan fingerprint density at radius 3 is 2.74 bits per heavy atom. The van der Waals surface area contributed by atoms with Gasteiger partial charge in [0.15, 0.2) is 0 Å². The minimum Gasteiger partial charge on any atom is -0.348 e. The number of rotatable bonds is 4. The van der Waals surface area contributed by atoms with Crippen molar-refractivity contribution in [1.82, 2.24) is 10.3 Å². The number of thiazole rings is 1. The number of hydrogen-bond donors (Lipinski definition) is 1. The molecule has 19 heavy (non-hydrogen) atoms. The van der Waals surface area contributed by atoms with Gasteiger partial charge in [0.05, 0.1) is 11.2 Å². The first-order valence-electron chi connectivity index (χ1n) is 6.33. The lowest BCUT2D eigenvalue weighted by Gasteiger charge is -2.15. The molecule has 1 amide bonds. The molecule has 0 fully saturated rings.